The van der Waals surface area contributed by atoms with E-state index in [1.807, 2.05) is 107 Å². The van der Waals surface area contributed by atoms with Crippen molar-refractivity contribution in [1.29, 1.82) is 0 Å². The Kier molecular flexibility index (Phi) is 10.5. The molecule has 8 heteroatoms. The molecule has 0 bridgehead atoms. The molecule has 0 spiro atoms. The number of hydrogen-bond acceptors (Lipinski definition) is 4. The van der Waals surface area contributed by atoms with E-state index in [0.29, 0.717) is 12.1 Å². The Balaban J connectivity index is 2.09. The van der Waals surface area contributed by atoms with Crippen LogP contribution in [-0.4, -0.2) is 50.0 Å². The molecular formula is C32H41N3O4S. The van der Waals surface area contributed by atoms with Gasteiger partial charge in [0.25, 0.3) is 0 Å². The number of aryl methyl sites for hydroxylation is 3. The summed E-state index contributed by atoms with van der Waals surface area (Å²) in [7, 11) is -3.81. The van der Waals surface area contributed by atoms with Gasteiger partial charge in [0.2, 0.25) is 21.8 Å². The summed E-state index contributed by atoms with van der Waals surface area (Å²) in [6.07, 6.45) is 2.14. The second kappa shape index (κ2) is 13.6. The molecule has 3 rings (SSSR count). The van der Waals surface area contributed by atoms with Gasteiger partial charge in [-0.1, -0.05) is 85.3 Å². The largest absolute Gasteiger partial charge is 0.352 e. The van der Waals surface area contributed by atoms with Crippen molar-refractivity contribution in [3.05, 3.63) is 101 Å². The number of rotatable bonds is 12. The number of hydrogen-bond donors (Lipinski definition) is 1. The van der Waals surface area contributed by atoms with Gasteiger partial charge in [0, 0.05) is 19.0 Å². The summed E-state index contributed by atoms with van der Waals surface area (Å²) in [6.45, 7) is 9.29. The fraction of sp³-hybridized carbons (Fsp3) is 0.375. The van der Waals surface area contributed by atoms with Gasteiger partial charge in [0.05, 0.1) is 11.9 Å². The van der Waals surface area contributed by atoms with Crippen LogP contribution in [0.4, 0.5) is 5.69 Å². The number of nitrogens with one attached hydrogen (secondary N) is 1. The molecule has 7 nitrogen and oxygen atoms in total. The van der Waals surface area contributed by atoms with Crippen LogP contribution in [-0.2, 0) is 32.6 Å². The van der Waals surface area contributed by atoms with Gasteiger partial charge in [-0.25, -0.2) is 8.42 Å². The molecule has 0 aliphatic rings. The lowest BCUT2D eigenvalue weighted by Gasteiger charge is -2.34. The zero-order valence-electron chi connectivity index (χ0n) is 24.3. The average Bonchev–Trinajstić information content (AvgIpc) is 2.90. The zero-order valence-corrected chi connectivity index (χ0v) is 25.2. The predicted octanol–water partition coefficient (Wildman–Crippen LogP) is 4.93. The van der Waals surface area contributed by atoms with Crippen LogP contribution in [0.2, 0.25) is 0 Å². The Morgan fingerprint density at radius 3 is 2.00 bits per heavy atom. The number of benzene rings is 3. The van der Waals surface area contributed by atoms with Gasteiger partial charge >= 0.3 is 0 Å². The molecule has 0 aliphatic heterocycles. The first-order valence-electron chi connectivity index (χ1n) is 13.6. The van der Waals surface area contributed by atoms with Gasteiger partial charge in [-0.3, -0.25) is 13.9 Å². The van der Waals surface area contributed by atoms with Crippen LogP contribution in [0.1, 0.15) is 48.1 Å². The summed E-state index contributed by atoms with van der Waals surface area (Å²) >= 11 is 0. The number of para-hydroxylation sites is 1. The number of sulfonamides is 1. The summed E-state index contributed by atoms with van der Waals surface area (Å²) < 4.78 is 27.3. The third-order valence-electron chi connectivity index (χ3n) is 7.11. The molecule has 0 saturated heterocycles. The normalized spacial score (nSPS) is 12.8. The van der Waals surface area contributed by atoms with E-state index in [0.717, 1.165) is 44.8 Å². The minimum atomic E-state index is -3.81. The Bertz CT molecular complexity index is 1390. The van der Waals surface area contributed by atoms with E-state index in [4.69, 9.17) is 0 Å². The Morgan fingerprint density at radius 1 is 0.850 bits per heavy atom. The molecule has 0 aromatic heterocycles. The molecule has 0 saturated carbocycles. The first-order valence-corrected chi connectivity index (χ1v) is 15.5. The van der Waals surface area contributed by atoms with E-state index in [9.17, 15) is 18.0 Å². The first kappa shape index (κ1) is 30.9. The van der Waals surface area contributed by atoms with Gasteiger partial charge in [-0.05, 0) is 56.4 Å². The van der Waals surface area contributed by atoms with E-state index >= 15 is 0 Å². The molecule has 1 N–H and O–H groups in total. The second-order valence-corrected chi connectivity index (χ2v) is 12.4. The molecule has 214 valence electrons. The van der Waals surface area contributed by atoms with Crippen LogP contribution in [0, 0.1) is 20.8 Å². The Hall–Kier alpha value is -3.65. The molecule has 0 unspecified atom stereocenters. The lowest BCUT2D eigenvalue weighted by Crippen LogP contribution is -2.54. The van der Waals surface area contributed by atoms with E-state index in [1.54, 1.807) is 0 Å². The summed E-state index contributed by atoms with van der Waals surface area (Å²) in [5.41, 5.74) is 4.82. The molecule has 3 aromatic carbocycles. The van der Waals surface area contributed by atoms with Gasteiger partial charge in [-0.2, -0.15) is 0 Å². The SMILES string of the molecule is CC[C@@H](C)NC(=O)[C@@H](Cc1ccccc1)N(Cc1ccc(C)cc1)C(=O)CN(c1c(C)cccc1C)S(C)(=O)=O. The standard InChI is InChI=1S/C32H41N3O4S/c1-7-26(5)33-32(37)29(20-27-14-9-8-10-15-27)34(21-28-18-16-23(2)17-19-28)30(36)22-35(40(6,38)39)31-24(3)12-11-13-25(31)4/h8-19,26,29H,7,20-22H2,1-6H3,(H,33,37)/t26-,29-/m1/s1. The van der Waals surface area contributed by atoms with Crippen LogP contribution in [0.15, 0.2) is 72.8 Å². The van der Waals surface area contributed by atoms with Crippen molar-refractivity contribution in [2.75, 3.05) is 17.1 Å². The number of nitrogens with zero attached hydrogens (tertiary/aromatic N) is 2. The number of anilines is 1. The van der Waals surface area contributed by atoms with Crippen LogP contribution in [0.3, 0.4) is 0 Å². The van der Waals surface area contributed by atoms with Crippen LogP contribution >= 0.6 is 0 Å². The molecule has 0 fully saturated rings. The maximum Gasteiger partial charge on any atom is 0.244 e. The summed E-state index contributed by atoms with van der Waals surface area (Å²) in [5.74, 6) is -0.717. The van der Waals surface area contributed by atoms with Crippen molar-refractivity contribution in [3.63, 3.8) is 0 Å². The molecule has 2 atom stereocenters. The quantitative estimate of drug-likeness (QED) is 0.339. The second-order valence-electron chi connectivity index (χ2n) is 10.5. The number of carbonyl (C=O) groups is 2. The minimum Gasteiger partial charge on any atom is -0.352 e. The van der Waals surface area contributed by atoms with E-state index < -0.39 is 28.5 Å². The maximum absolute atomic E-state index is 14.2. The zero-order chi connectivity index (χ0) is 29.4. The Morgan fingerprint density at radius 2 is 1.45 bits per heavy atom. The van der Waals surface area contributed by atoms with Crippen molar-refractivity contribution >= 4 is 27.5 Å². The first-order chi connectivity index (χ1) is 18.9. The lowest BCUT2D eigenvalue weighted by atomic mass is 10.0. The summed E-state index contributed by atoms with van der Waals surface area (Å²) in [4.78, 5) is 29.5. The van der Waals surface area contributed by atoms with Crippen LogP contribution < -0.4 is 9.62 Å². The van der Waals surface area contributed by atoms with Crippen molar-refractivity contribution in [2.24, 2.45) is 0 Å². The smallest absolute Gasteiger partial charge is 0.244 e. The van der Waals surface area contributed by atoms with Crippen molar-refractivity contribution < 1.29 is 18.0 Å². The fourth-order valence-corrected chi connectivity index (χ4v) is 5.62. The third kappa shape index (κ3) is 8.18. The summed E-state index contributed by atoms with van der Waals surface area (Å²) in [5, 5.41) is 3.05. The molecule has 0 radical (unpaired) electrons. The van der Waals surface area contributed by atoms with E-state index in [2.05, 4.69) is 5.32 Å². The molecule has 0 heterocycles. The molecular weight excluding hydrogens is 522 g/mol. The molecule has 2 amide bonds. The highest BCUT2D eigenvalue weighted by atomic mass is 32.2. The number of amides is 2. The van der Waals surface area contributed by atoms with Gasteiger partial charge in [0.1, 0.15) is 12.6 Å². The Labute approximate surface area is 239 Å². The maximum atomic E-state index is 14.2. The van der Waals surface area contributed by atoms with Crippen LogP contribution in [0.25, 0.3) is 0 Å². The van der Waals surface area contributed by atoms with Crippen molar-refractivity contribution in [2.45, 2.75) is 66.1 Å². The van der Waals surface area contributed by atoms with Gasteiger partial charge < -0.3 is 10.2 Å². The molecule has 3 aromatic rings. The fourth-order valence-electron chi connectivity index (χ4n) is 4.66. The minimum absolute atomic E-state index is 0.0794. The van der Waals surface area contributed by atoms with Gasteiger partial charge in [0.15, 0.2) is 0 Å². The lowest BCUT2D eigenvalue weighted by molar-refractivity contribution is -0.140. The molecule has 0 aliphatic carbocycles. The average molecular weight is 564 g/mol. The number of carbonyl (C=O) groups excluding carboxylic acids is 2. The van der Waals surface area contributed by atoms with Crippen molar-refractivity contribution in [3.8, 4) is 0 Å². The molecule has 40 heavy (non-hydrogen) atoms. The third-order valence-corrected chi connectivity index (χ3v) is 8.23. The van der Waals surface area contributed by atoms with Crippen molar-refractivity contribution in [1.82, 2.24) is 10.2 Å². The highest BCUT2D eigenvalue weighted by Gasteiger charge is 2.34. The topological polar surface area (TPSA) is 86.8 Å². The highest BCUT2D eigenvalue weighted by molar-refractivity contribution is 7.92. The monoisotopic (exact) mass is 563 g/mol. The van der Waals surface area contributed by atoms with E-state index in [-0.39, 0.29) is 18.5 Å². The van der Waals surface area contributed by atoms with Gasteiger partial charge in [-0.15, -0.1) is 0 Å². The highest BCUT2D eigenvalue weighted by Crippen LogP contribution is 2.27. The summed E-state index contributed by atoms with van der Waals surface area (Å²) in [6, 6.07) is 21.9. The van der Waals surface area contributed by atoms with E-state index in [1.165, 1.54) is 4.90 Å². The van der Waals surface area contributed by atoms with Crippen LogP contribution in [0.5, 0.6) is 0 Å². The predicted molar refractivity (Wildman–Crippen MR) is 162 cm³/mol.